The number of hydrogen-bond acceptors (Lipinski definition) is 4. The molecule has 1 aliphatic rings. The lowest BCUT2D eigenvalue weighted by Gasteiger charge is -2.23. The number of hydrogen-bond donors (Lipinski definition) is 2. The Morgan fingerprint density at radius 3 is 2.42 bits per heavy atom. The van der Waals surface area contributed by atoms with Crippen LogP contribution in [0.5, 0.6) is 11.5 Å². The Labute approximate surface area is 204 Å². The molecule has 0 radical (unpaired) electrons. The quantitative estimate of drug-likeness (QED) is 0.458. The van der Waals surface area contributed by atoms with Crippen LogP contribution in [0.15, 0.2) is 72.8 Å². The van der Waals surface area contributed by atoms with Crippen molar-refractivity contribution < 1.29 is 32.3 Å². The molecule has 0 aromatic heterocycles. The third kappa shape index (κ3) is 5.02. The van der Waals surface area contributed by atoms with Gasteiger partial charge in [-0.2, -0.15) is 13.2 Å². The molecule has 1 unspecified atom stereocenters. The summed E-state index contributed by atoms with van der Waals surface area (Å²) in [6, 6.07) is 17.2. The molecule has 0 spiro atoms. The molecule has 7 nitrogen and oxygen atoms in total. The van der Waals surface area contributed by atoms with Crippen LogP contribution in [0.2, 0.25) is 0 Å². The molecule has 186 valence electrons. The molecule has 1 saturated heterocycles. The maximum Gasteiger partial charge on any atom is 0.416 e. The van der Waals surface area contributed by atoms with Gasteiger partial charge in [0.05, 0.1) is 11.3 Å². The molecular weight excluding hydrogens is 475 g/mol. The molecule has 2 N–H and O–H groups in total. The van der Waals surface area contributed by atoms with Crippen LogP contribution >= 0.6 is 0 Å². The lowest BCUT2D eigenvalue weighted by Crippen LogP contribution is -2.42. The van der Waals surface area contributed by atoms with Crippen molar-refractivity contribution in [1.29, 1.82) is 0 Å². The van der Waals surface area contributed by atoms with Gasteiger partial charge in [-0.15, -0.1) is 0 Å². The van der Waals surface area contributed by atoms with E-state index >= 15 is 0 Å². The summed E-state index contributed by atoms with van der Waals surface area (Å²) in [7, 11) is 0. The van der Waals surface area contributed by atoms with E-state index in [0.717, 1.165) is 23.8 Å². The number of urea groups is 1. The molecule has 10 heteroatoms. The molecular formula is C26H22F3N3O4. The number of benzene rings is 3. The van der Waals surface area contributed by atoms with Gasteiger partial charge in [0.15, 0.2) is 5.75 Å². The molecule has 0 saturated carbocycles. The van der Waals surface area contributed by atoms with Gasteiger partial charge in [-0.05, 0) is 55.8 Å². The van der Waals surface area contributed by atoms with Crippen molar-refractivity contribution in [3.05, 3.63) is 89.5 Å². The van der Waals surface area contributed by atoms with Crippen molar-refractivity contribution >= 4 is 23.5 Å². The highest BCUT2D eigenvalue weighted by Gasteiger charge is 2.50. The van der Waals surface area contributed by atoms with E-state index in [-0.39, 0.29) is 5.56 Å². The number of nitrogens with zero attached hydrogens (tertiary/aromatic N) is 1. The molecule has 0 aliphatic carbocycles. The van der Waals surface area contributed by atoms with Gasteiger partial charge in [0, 0.05) is 0 Å². The van der Waals surface area contributed by atoms with E-state index in [9.17, 15) is 27.6 Å². The average molecular weight is 497 g/mol. The Morgan fingerprint density at radius 2 is 1.72 bits per heavy atom. The molecule has 4 rings (SSSR count). The normalized spacial score (nSPS) is 17.6. The highest BCUT2D eigenvalue weighted by atomic mass is 19.4. The van der Waals surface area contributed by atoms with E-state index < -0.39 is 41.7 Å². The summed E-state index contributed by atoms with van der Waals surface area (Å²) in [5, 5.41) is 5.03. The second-order valence-corrected chi connectivity index (χ2v) is 8.48. The number of para-hydroxylation sites is 2. The fourth-order valence-electron chi connectivity index (χ4n) is 3.77. The number of anilines is 1. The predicted molar refractivity (Wildman–Crippen MR) is 125 cm³/mol. The maximum atomic E-state index is 13.2. The number of ether oxygens (including phenoxy) is 1. The number of halogens is 3. The number of imide groups is 1. The summed E-state index contributed by atoms with van der Waals surface area (Å²) in [5.41, 5.74) is -1.39. The summed E-state index contributed by atoms with van der Waals surface area (Å²) < 4.78 is 45.3. The monoisotopic (exact) mass is 497 g/mol. The van der Waals surface area contributed by atoms with Gasteiger partial charge in [-0.3, -0.25) is 14.5 Å². The number of carbonyl (C=O) groups is 3. The molecule has 1 fully saturated rings. The maximum absolute atomic E-state index is 13.2. The summed E-state index contributed by atoms with van der Waals surface area (Å²) >= 11 is 0. The molecule has 1 heterocycles. The molecule has 1 aliphatic heterocycles. The van der Waals surface area contributed by atoms with Gasteiger partial charge in [0.2, 0.25) is 5.91 Å². The van der Waals surface area contributed by atoms with Crippen LogP contribution in [-0.2, 0) is 21.3 Å². The predicted octanol–water partition coefficient (Wildman–Crippen LogP) is 5.21. The van der Waals surface area contributed by atoms with E-state index in [4.69, 9.17) is 4.74 Å². The van der Waals surface area contributed by atoms with E-state index in [0.29, 0.717) is 22.1 Å². The lowest BCUT2D eigenvalue weighted by atomic mass is 9.90. The second-order valence-electron chi connectivity index (χ2n) is 8.48. The topological polar surface area (TPSA) is 87.7 Å². The largest absolute Gasteiger partial charge is 0.455 e. The smallest absolute Gasteiger partial charge is 0.416 e. The van der Waals surface area contributed by atoms with Crippen LogP contribution in [-0.4, -0.2) is 29.3 Å². The first-order valence-electron chi connectivity index (χ1n) is 10.9. The first kappa shape index (κ1) is 24.8. The first-order valence-corrected chi connectivity index (χ1v) is 10.9. The molecule has 36 heavy (non-hydrogen) atoms. The van der Waals surface area contributed by atoms with E-state index in [1.807, 2.05) is 19.1 Å². The standard InChI is InChI=1S/C26H22F3N3O4/c1-16-10-12-19(13-11-16)36-21-9-4-3-8-20(21)30-22(33)15-32-23(34)25(2,31-24(32)35)17-6-5-7-18(14-17)26(27,28)29/h3-14H,15H2,1-2H3,(H,30,33)(H,31,35). The zero-order valence-electron chi connectivity index (χ0n) is 19.3. The number of carbonyl (C=O) groups excluding carboxylic acids is 3. The number of aryl methyl sites for hydroxylation is 1. The van der Waals surface area contributed by atoms with E-state index in [1.54, 1.807) is 36.4 Å². The van der Waals surface area contributed by atoms with Crippen LogP contribution in [0.25, 0.3) is 0 Å². The Hall–Kier alpha value is -4.34. The number of alkyl halides is 3. The molecule has 0 bridgehead atoms. The molecule has 4 amide bonds. The van der Waals surface area contributed by atoms with Gasteiger partial charge < -0.3 is 15.4 Å². The Balaban J connectivity index is 1.49. The number of amides is 4. The van der Waals surface area contributed by atoms with Crippen molar-refractivity contribution in [1.82, 2.24) is 10.2 Å². The lowest BCUT2D eigenvalue weighted by molar-refractivity contribution is -0.138. The SMILES string of the molecule is Cc1ccc(Oc2ccccc2NC(=O)CN2C(=O)NC(C)(c3cccc(C(F)(F)F)c3)C2=O)cc1. The van der Waals surface area contributed by atoms with Crippen molar-refractivity contribution in [2.45, 2.75) is 25.6 Å². The Kier molecular flexibility index (Phi) is 6.45. The fourth-order valence-corrected chi connectivity index (χ4v) is 3.77. The highest BCUT2D eigenvalue weighted by Crippen LogP contribution is 2.35. The summed E-state index contributed by atoms with van der Waals surface area (Å²) in [6.07, 6.45) is -4.62. The zero-order valence-corrected chi connectivity index (χ0v) is 19.3. The van der Waals surface area contributed by atoms with Crippen LogP contribution in [0.4, 0.5) is 23.7 Å². The van der Waals surface area contributed by atoms with Gasteiger partial charge in [-0.1, -0.05) is 42.0 Å². The highest BCUT2D eigenvalue weighted by molar-refractivity contribution is 6.10. The second kappa shape index (κ2) is 9.37. The van der Waals surface area contributed by atoms with E-state index in [2.05, 4.69) is 10.6 Å². The van der Waals surface area contributed by atoms with Crippen LogP contribution < -0.4 is 15.4 Å². The molecule has 3 aromatic carbocycles. The average Bonchev–Trinajstić information content (AvgIpc) is 3.05. The minimum absolute atomic E-state index is 0.0459. The van der Waals surface area contributed by atoms with Crippen molar-refractivity contribution in [2.75, 3.05) is 11.9 Å². The molecule has 1 atom stereocenters. The van der Waals surface area contributed by atoms with Gasteiger partial charge in [0.25, 0.3) is 5.91 Å². The van der Waals surface area contributed by atoms with Gasteiger partial charge in [-0.25, -0.2) is 4.79 Å². The zero-order chi connectivity index (χ0) is 26.1. The Morgan fingerprint density at radius 1 is 1.03 bits per heavy atom. The minimum Gasteiger partial charge on any atom is -0.455 e. The molecule has 3 aromatic rings. The third-order valence-electron chi connectivity index (χ3n) is 5.75. The Bertz CT molecular complexity index is 1320. The fraction of sp³-hybridized carbons (Fsp3) is 0.192. The van der Waals surface area contributed by atoms with Gasteiger partial charge >= 0.3 is 12.2 Å². The van der Waals surface area contributed by atoms with Crippen LogP contribution in [0.3, 0.4) is 0 Å². The van der Waals surface area contributed by atoms with Crippen LogP contribution in [0, 0.1) is 6.92 Å². The van der Waals surface area contributed by atoms with Crippen LogP contribution in [0.1, 0.15) is 23.6 Å². The summed E-state index contributed by atoms with van der Waals surface area (Å²) in [4.78, 5) is 39.0. The first-order chi connectivity index (χ1) is 17.0. The minimum atomic E-state index is -4.62. The van der Waals surface area contributed by atoms with Crippen molar-refractivity contribution in [3.63, 3.8) is 0 Å². The summed E-state index contributed by atoms with van der Waals surface area (Å²) in [5.74, 6) is -0.633. The number of rotatable bonds is 6. The van der Waals surface area contributed by atoms with Gasteiger partial charge in [0.1, 0.15) is 17.8 Å². The van der Waals surface area contributed by atoms with E-state index in [1.165, 1.54) is 13.0 Å². The third-order valence-corrected chi connectivity index (χ3v) is 5.75. The number of nitrogens with one attached hydrogen (secondary N) is 2. The van der Waals surface area contributed by atoms with Crippen molar-refractivity contribution in [3.8, 4) is 11.5 Å². The summed E-state index contributed by atoms with van der Waals surface area (Å²) in [6.45, 7) is 2.59. The van der Waals surface area contributed by atoms with Crippen molar-refractivity contribution in [2.24, 2.45) is 0 Å².